The predicted molar refractivity (Wildman–Crippen MR) is 80.3 cm³/mol. The molecule has 0 unspecified atom stereocenters. The van der Waals surface area contributed by atoms with Gasteiger partial charge in [0.2, 0.25) is 0 Å². The van der Waals surface area contributed by atoms with E-state index >= 15 is 0 Å². The topological polar surface area (TPSA) is 12.0 Å². The fourth-order valence-corrected chi connectivity index (χ4v) is 2.95. The highest BCUT2D eigenvalue weighted by atomic mass is 14.9. The van der Waals surface area contributed by atoms with Crippen molar-refractivity contribution in [2.45, 2.75) is 31.7 Å². The maximum absolute atomic E-state index is 3.70. The Morgan fingerprint density at radius 1 is 0.842 bits per heavy atom. The molecule has 1 aliphatic rings. The molecule has 1 aliphatic heterocycles. The molecule has 1 saturated heterocycles. The third kappa shape index (κ3) is 2.87. The van der Waals surface area contributed by atoms with Gasteiger partial charge in [0, 0.05) is 12.6 Å². The van der Waals surface area contributed by atoms with Crippen LogP contribution in [-0.2, 0) is 0 Å². The Bertz CT molecular complexity index is 507. The number of rotatable bonds is 2. The monoisotopic (exact) mass is 251 g/mol. The van der Waals surface area contributed by atoms with Crippen LogP contribution in [0.1, 0.15) is 41.5 Å². The summed E-state index contributed by atoms with van der Waals surface area (Å²) in [6.45, 7) is 3.23. The SMILES string of the molecule is Cc1ccc([C@@H]2CC[C@@H](c3ccccc3)NC2)cc1. The summed E-state index contributed by atoms with van der Waals surface area (Å²) in [5, 5.41) is 3.70. The molecule has 0 bridgehead atoms. The second-order valence-corrected chi connectivity index (χ2v) is 5.56. The first-order valence-corrected chi connectivity index (χ1v) is 7.18. The summed E-state index contributed by atoms with van der Waals surface area (Å²) >= 11 is 0. The summed E-state index contributed by atoms with van der Waals surface area (Å²) in [5.41, 5.74) is 4.24. The summed E-state index contributed by atoms with van der Waals surface area (Å²) in [5.74, 6) is 0.667. The molecule has 3 rings (SSSR count). The Kier molecular flexibility index (Phi) is 3.65. The largest absolute Gasteiger partial charge is 0.309 e. The molecule has 0 spiro atoms. The molecule has 0 amide bonds. The highest BCUT2D eigenvalue weighted by Gasteiger charge is 2.22. The Morgan fingerprint density at radius 3 is 2.21 bits per heavy atom. The molecule has 1 heteroatoms. The fraction of sp³-hybridized carbons (Fsp3) is 0.333. The molecule has 1 heterocycles. The molecule has 2 aromatic rings. The van der Waals surface area contributed by atoms with Crippen LogP contribution in [0.25, 0.3) is 0 Å². The van der Waals surface area contributed by atoms with E-state index in [0.717, 1.165) is 6.54 Å². The van der Waals surface area contributed by atoms with Crippen molar-refractivity contribution in [3.8, 4) is 0 Å². The summed E-state index contributed by atoms with van der Waals surface area (Å²) in [6, 6.07) is 20.3. The number of piperidine rings is 1. The molecule has 2 atom stereocenters. The van der Waals surface area contributed by atoms with E-state index in [0.29, 0.717) is 12.0 Å². The van der Waals surface area contributed by atoms with E-state index in [2.05, 4.69) is 66.8 Å². The highest BCUT2D eigenvalue weighted by Crippen LogP contribution is 2.31. The van der Waals surface area contributed by atoms with Gasteiger partial charge >= 0.3 is 0 Å². The quantitative estimate of drug-likeness (QED) is 0.843. The lowest BCUT2D eigenvalue weighted by Gasteiger charge is -2.30. The van der Waals surface area contributed by atoms with Crippen LogP contribution in [-0.4, -0.2) is 6.54 Å². The van der Waals surface area contributed by atoms with Gasteiger partial charge in [-0.2, -0.15) is 0 Å². The first kappa shape index (κ1) is 12.4. The van der Waals surface area contributed by atoms with Crippen LogP contribution in [0.4, 0.5) is 0 Å². The van der Waals surface area contributed by atoms with Crippen molar-refractivity contribution in [3.05, 3.63) is 71.3 Å². The maximum Gasteiger partial charge on any atom is 0.0320 e. The summed E-state index contributed by atoms with van der Waals surface area (Å²) in [7, 11) is 0. The Morgan fingerprint density at radius 2 is 1.58 bits per heavy atom. The van der Waals surface area contributed by atoms with Gasteiger partial charge in [-0.15, -0.1) is 0 Å². The van der Waals surface area contributed by atoms with Gasteiger partial charge in [0.25, 0.3) is 0 Å². The van der Waals surface area contributed by atoms with E-state index in [9.17, 15) is 0 Å². The lowest BCUT2D eigenvalue weighted by atomic mass is 9.86. The molecular weight excluding hydrogens is 230 g/mol. The van der Waals surface area contributed by atoms with Crippen molar-refractivity contribution in [1.82, 2.24) is 5.32 Å². The van der Waals surface area contributed by atoms with Gasteiger partial charge in [-0.3, -0.25) is 0 Å². The highest BCUT2D eigenvalue weighted by molar-refractivity contribution is 5.26. The molecular formula is C18H21N. The van der Waals surface area contributed by atoms with Crippen LogP contribution in [0.3, 0.4) is 0 Å². The lowest BCUT2D eigenvalue weighted by molar-refractivity contribution is 0.374. The van der Waals surface area contributed by atoms with Gasteiger partial charge in [-0.1, -0.05) is 60.2 Å². The first-order valence-electron chi connectivity index (χ1n) is 7.18. The second-order valence-electron chi connectivity index (χ2n) is 5.56. The van der Waals surface area contributed by atoms with Crippen molar-refractivity contribution >= 4 is 0 Å². The van der Waals surface area contributed by atoms with Crippen molar-refractivity contribution in [3.63, 3.8) is 0 Å². The van der Waals surface area contributed by atoms with Crippen LogP contribution in [0, 0.1) is 6.92 Å². The Labute approximate surface area is 115 Å². The Balaban J connectivity index is 1.65. The third-order valence-electron chi connectivity index (χ3n) is 4.17. The van der Waals surface area contributed by atoms with Crippen LogP contribution >= 0.6 is 0 Å². The van der Waals surface area contributed by atoms with E-state index in [-0.39, 0.29) is 0 Å². The molecule has 1 fully saturated rings. The zero-order chi connectivity index (χ0) is 13.1. The standard InChI is InChI=1S/C18H21N/c1-14-7-9-15(10-8-14)17-11-12-18(19-13-17)16-5-3-2-4-6-16/h2-10,17-19H,11-13H2,1H3/t17-,18+/m1/s1. The summed E-state index contributed by atoms with van der Waals surface area (Å²) in [6.07, 6.45) is 2.50. The van der Waals surface area contributed by atoms with Gasteiger partial charge in [0.05, 0.1) is 0 Å². The van der Waals surface area contributed by atoms with Crippen molar-refractivity contribution in [2.24, 2.45) is 0 Å². The lowest BCUT2D eigenvalue weighted by Crippen LogP contribution is -2.32. The maximum atomic E-state index is 3.70. The predicted octanol–water partition coefficient (Wildman–Crippen LogP) is 4.20. The normalized spacial score (nSPS) is 23.2. The minimum absolute atomic E-state index is 0.530. The average Bonchev–Trinajstić information content (AvgIpc) is 2.49. The molecule has 1 nitrogen and oxygen atoms in total. The smallest absolute Gasteiger partial charge is 0.0320 e. The van der Waals surface area contributed by atoms with Gasteiger partial charge in [0.15, 0.2) is 0 Å². The number of hydrogen-bond acceptors (Lipinski definition) is 1. The number of hydrogen-bond donors (Lipinski definition) is 1. The zero-order valence-corrected chi connectivity index (χ0v) is 11.5. The van der Waals surface area contributed by atoms with Crippen LogP contribution in [0.2, 0.25) is 0 Å². The number of benzene rings is 2. The molecule has 0 aliphatic carbocycles. The third-order valence-corrected chi connectivity index (χ3v) is 4.17. The molecule has 1 N–H and O–H groups in total. The minimum atomic E-state index is 0.530. The van der Waals surface area contributed by atoms with Gasteiger partial charge in [0.1, 0.15) is 0 Å². The van der Waals surface area contributed by atoms with Crippen molar-refractivity contribution in [1.29, 1.82) is 0 Å². The van der Waals surface area contributed by atoms with E-state index in [1.165, 1.54) is 29.5 Å². The summed E-state index contributed by atoms with van der Waals surface area (Å²) < 4.78 is 0. The Hall–Kier alpha value is -1.60. The van der Waals surface area contributed by atoms with Crippen LogP contribution in [0.5, 0.6) is 0 Å². The first-order chi connectivity index (χ1) is 9.33. The number of aryl methyl sites for hydroxylation is 1. The van der Waals surface area contributed by atoms with Crippen LogP contribution in [0.15, 0.2) is 54.6 Å². The molecule has 19 heavy (non-hydrogen) atoms. The van der Waals surface area contributed by atoms with Gasteiger partial charge in [-0.05, 0) is 36.8 Å². The molecule has 2 aromatic carbocycles. The average molecular weight is 251 g/mol. The molecule has 98 valence electrons. The number of nitrogens with one attached hydrogen (secondary N) is 1. The zero-order valence-electron chi connectivity index (χ0n) is 11.5. The van der Waals surface area contributed by atoms with Gasteiger partial charge < -0.3 is 5.32 Å². The summed E-state index contributed by atoms with van der Waals surface area (Å²) in [4.78, 5) is 0. The van der Waals surface area contributed by atoms with Crippen LogP contribution < -0.4 is 5.32 Å². The van der Waals surface area contributed by atoms with Gasteiger partial charge in [-0.25, -0.2) is 0 Å². The van der Waals surface area contributed by atoms with Crippen molar-refractivity contribution < 1.29 is 0 Å². The van der Waals surface area contributed by atoms with E-state index in [4.69, 9.17) is 0 Å². The van der Waals surface area contributed by atoms with Crippen molar-refractivity contribution in [2.75, 3.05) is 6.54 Å². The van der Waals surface area contributed by atoms with E-state index in [1.807, 2.05) is 0 Å². The molecule has 0 radical (unpaired) electrons. The minimum Gasteiger partial charge on any atom is -0.309 e. The fourth-order valence-electron chi connectivity index (χ4n) is 2.95. The molecule has 0 saturated carbocycles. The second kappa shape index (κ2) is 5.58. The van der Waals surface area contributed by atoms with E-state index < -0.39 is 0 Å². The molecule has 0 aromatic heterocycles. The van der Waals surface area contributed by atoms with E-state index in [1.54, 1.807) is 0 Å².